The number of hydrogen-bond donors (Lipinski definition) is 0. The maximum Gasteiger partial charge on any atom is 0.305 e. The van der Waals surface area contributed by atoms with Gasteiger partial charge in [-0.05, 0) is 44.0 Å². The summed E-state index contributed by atoms with van der Waals surface area (Å²) >= 11 is 0. The van der Waals surface area contributed by atoms with E-state index in [4.69, 9.17) is 4.74 Å². The Labute approximate surface area is 108 Å². The van der Waals surface area contributed by atoms with Gasteiger partial charge >= 0.3 is 5.97 Å². The molecule has 0 fully saturated rings. The van der Waals surface area contributed by atoms with Crippen LogP contribution in [0.3, 0.4) is 0 Å². The van der Waals surface area contributed by atoms with Crippen LogP contribution in [0, 0.1) is 0 Å². The summed E-state index contributed by atoms with van der Waals surface area (Å²) in [5, 5.41) is 0. The molecule has 0 aliphatic carbocycles. The number of rotatable bonds is 6. The van der Waals surface area contributed by atoms with Crippen LogP contribution in [-0.4, -0.2) is 19.7 Å². The van der Waals surface area contributed by atoms with Gasteiger partial charge in [0.25, 0.3) is 0 Å². The van der Waals surface area contributed by atoms with Crippen LogP contribution < -0.4 is 4.74 Å². The number of ether oxygens (including phenoxy) is 2. The number of esters is 1. The molecule has 0 aliphatic heterocycles. The van der Waals surface area contributed by atoms with Crippen LogP contribution in [0.1, 0.15) is 25.8 Å². The van der Waals surface area contributed by atoms with Crippen molar-refractivity contribution in [3.63, 3.8) is 0 Å². The summed E-state index contributed by atoms with van der Waals surface area (Å²) in [6, 6.07) is 7.79. The minimum Gasteiger partial charge on any atom is -0.490 e. The number of benzene rings is 1. The Bertz CT molecular complexity index is 400. The second-order valence-electron chi connectivity index (χ2n) is 4.31. The van der Waals surface area contributed by atoms with Crippen LogP contribution in [0.15, 0.2) is 35.9 Å². The monoisotopic (exact) mass is 248 g/mol. The molecule has 0 amide bonds. The Morgan fingerprint density at radius 1 is 1.22 bits per heavy atom. The van der Waals surface area contributed by atoms with E-state index in [1.807, 2.05) is 44.2 Å². The van der Waals surface area contributed by atoms with Crippen LogP contribution in [0.2, 0.25) is 0 Å². The zero-order chi connectivity index (χ0) is 13.4. The van der Waals surface area contributed by atoms with Crippen molar-refractivity contribution in [2.24, 2.45) is 0 Å². The summed E-state index contributed by atoms with van der Waals surface area (Å²) < 4.78 is 10.2. The van der Waals surface area contributed by atoms with E-state index in [-0.39, 0.29) is 5.97 Å². The normalized spacial score (nSPS) is 9.72. The second kappa shape index (κ2) is 7.54. The molecular weight excluding hydrogens is 228 g/mol. The molecule has 0 spiro atoms. The van der Waals surface area contributed by atoms with Crippen molar-refractivity contribution >= 4 is 5.97 Å². The quantitative estimate of drug-likeness (QED) is 0.573. The lowest BCUT2D eigenvalue weighted by Crippen LogP contribution is -2.01. The van der Waals surface area contributed by atoms with Crippen molar-refractivity contribution < 1.29 is 14.3 Å². The number of carbonyl (C=O) groups is 1. The maximum atomic E-state index is 11.0. The molecule has 18 heavy (non-hydrogen) atoms. The highest BCUT2D eigenvalue weighted by Crippen LogP contribution is 2.13. The maximum absolute atomic E-state index is 11.0. The molecule has 0 bridgehead atoms. The van der Waals surface area contributed by atoms with Crippen molar-refractivity contribution in [3.05, 3.63) is 41.5 Å². The first kappa shape index (κ1) is 14.3. The highest BCUT2D eigenvalue weighted by Gasteiger charge is 2.01. The number of aryl methyl sites for hydroxylation is 1. The van der Waals surface area contributed by atoms with E-state index in [1.54, 1.807) is 0 Å². The van der Waals surface area contributed by atoms with Gasteiger partial charge in [0.2, 0.25) is 0 Å². The molecule has 3 heteroatoms. The third-order valence-electron chi connectivity index (χ3n) is 2.51. The molecule has 0 heterocycles. The van der Waals surface area contributed by atoms with Crippen LogP contribution in [0.4, 0.5) is 0 Å². The Hall–Kier alpha value is -1.77. The van der Waals surface area contributed by atoms with Gasteiger partial charge in [0.05, 0.1) is 7.11 Å². The van der Waals surface area contributed by atoms with Gasteiger partial charge in [0.1, 0.15) is 12.4 Å². The van der Waals surface area contributed by atoms with Crippen molar-refractivity contribution in [1.29, 1.82) is 0 Å². The first-order chi connectivity index (χ1) is 8.61. The van der Waals surface area contributed by atoms with Crippen LogP contribution in [0.5, 0.6) is 5.75 Å². The van der Waals surface area contributed by atoms with Gasteiger partial charge in [-0.2, -0.15) is 0 Å². The molecule has 1 rings (SSSR count). The van der Waals surface area contributed by atoms with Gasteiger partial charge in [-0.1, -0.05) is 17.7 Å². The Morgan fingerprint density at radius 3 is 2.44 bits per heavy atom. The number of allylic oxidation sites excluding steroid dienone is 1. The van der Waals surface area contributed by atoms with E-state index in [1.165, 1.54) is 12.7 Å². The fourth-order valence-electron chi connectivity index (χ4n) is 1.41. The lowest BCUT2D eigenvalue weighted by molar-refractivity contribution is -0.140. The second-order valence-corrected chi connectivity index (χ2v) is 4.31. The summed E-state index contributed by atoms with van der Waals surface area (Å²) in [6.45, 7) is 4.67. The van der Waals surface area contributed by atoms with Crippen LogP contribution in [-0.2, 0) is 16.0 Å². The number of carbonyl (C=O) groups excluding carboxylic acids is 1. The molecular formula is C15H20O3. The highest BCUT2D eigenvalue weighted by atomic mass is 16.5. The molecule has 0 unspecified atom stereocenters. The average Bonchev–Trinajstić information content (AvgIpc) is 2.37. The third kappa shape index (κ3) is 5.53. The molecule has 0 N–H and O–H groups in total. The van der Waals surface area contributed by atoms with E-state index >= 15 is 0 Å². The first-order valence-electron chi connectivity index (χ1n) is 6.03. The molecule has 3 nitrogen and oxygen atoms in total. The Morgan fingerprint density at radius 2 is 1.89 bits per heavy atom. The smallest absolute Gasteiger partial charge is 0.305 e. The van der Waals surface area contributed by atoms with Crippen LogP contribution in [0.25, 0.3) is 0 Å². The first-order valence-corrected chi connectivity index (χ1v) is 6.03. The summed E-state index contributed by atoms with van der Waals surface area (Å²) in [5.74, 6) is 0.660. The van der Waals surface area contributed by atoms with Crippen molar-refractivity contribution in [3.8, 4) is 5.75 Å². The van der Waals surface area contributed by atoms with Gasteiger partial charge < -0.3 is 9.47 Å². The molecule has 0 radical (unpaired) electrons. The predicted molar refractivity (Wildman–Crippen MR) is 71.7 cm³/mol. The SMILES string of the molecule is COC(=O)CCc1ccc(OCC=C(C)C)cc1. The molecule has 0 saturated carbocycles. The summed E-state index contributed by atoms with van der Waals surface area (Å²) in [5.41, 5.74) is 2.35. The van der Waals surface area contributed by atoms with Crippen molar-refractivity contribution in [1.82, 2.24) is 0 Å². The molecule has 0 atom stereocenters. The molecule has 1 aromatic carbocycles. The zero-order valence-electron chi connectivity index (χ0n) is 11.2. The van der Waals surface area contributed by atoms with Crippen molar-refractivity contribution in [2.45, 2.75) is 26.7 Å². The Kier molecular flexibility index (Phi) is 5.98. The predicted octanol–water partition coefficient (Wildman–Crippen LogP) is 3.14. The lowest BCUT2D eigenvalue weighted by atomic mass is 10.1. The number of methoxy groups -OCH3 is 1. The molecule has 0 aromatic heterocycles. The standard InChI is InChI=1S/C15H20O3/c1-12(2)10-11-18-14-7-4-13(5-8-14)6-9-15(16)17-3/h4-5,7-8,10H,6,9,11H2,1-3H3. The van der Waals surface area contributed by atoms with E-state index < -0.39 is 0 Å². The van der Waals surface area contributed by atoms with E-state index in [9.17, 15) is 4.79 Å². The zero-order valence-corrected chi connectivity index (χ0v) is 11.2. The van der Waals surface area contributed by atoms with Gasteiger partial charge in [-0.25, -0.2) is 0 Å². The highest BCUT2D eigenvalue weighted by molar-refractivity contribution is 5.69. The van der Waals surface area contributed by atoms with Gasteiger partial charge in [-0.3, -0.25) is 4.79 Å². The summed E-state index contributed by atoms with van der Waals surface area (Å²) in [6.07, 6.45) is 3.14. The minimum atomic E-state index is -0.182. The molecule has 0 aliphatic rings. The number of hydrogen-bond acceptors (Lipinski definition) is 3. The topological polar surface area (TPSA) is 35.5 Å². The fourth-order valence-corrected chi connectivity index (χ4v) is 1.41. The van der Waals surface area contributed by atoms with Gasteiger partial charge in [-0.15, -0.1) is 0 Å². The van der Waals surface area contributed by atoms with Gasteiger partial charge in [0.15, 0.2) is 0 Å². The molecule has 1 aromatic rings. The minimum absolute atomic E-state index is 0.182. The average molecular weight is 248 g/mol. The largest absolute Gasteiger partial charge is 0.490 e. The summed E-state index contributed by atoms with van der Waals surface area (Å²) in [7, 11) is 1.41. The van der Waals surface area contributed by atoms with Crippen molar-refractivity contribution in [2.75, 3.05) is 13.7 Å². The molecule has 0 saturated heterocycles. The summed E-state index contributed by atoms with van der Waals surface area (Å²) in [4.78, 5) is 11.0. The van der Waals surface area contributed by atoms with E-state index in [0.717, 1.165) is 11.3 Å². The Balaban J connectivity index is 2.42. The van der Waals surface area contributed by atoms with E-state index in [2.05, 4.69) is 4.74 Å². The van der Waals surface area contributed by atoms with E-state index in [0.29, 0.717) is 19.4 Å². The fraction of sp³-hybridized carbons (Fsp3) is 0.400. The van der Waals surface area contributed by atoms with Crippen LogP contribution >= 0.6 is 0 Å². The third-order valence-corrected chi connectivity index (χ3v) is 2.51. The molecule has 98 valence electrons. The van der Waals surface area contributed by atoms with Gasteiger partial charge in [0, 0.05) is 6.42 Å². The lowest BCUT2D eigenvalue weighted by Gasteiger charge is -2.05.